The fourth-order valence-corrected chi connectivity index (χ4v) is 0.968. The molecule has 0 aliphatic carbocycles. The molecule has 0 aliphatic rings. The molecular weight excluding hydrogens is 194 g/mol. The topological polar surface area (TPSA) is 26.0 Å². The molecule has 0 saturated carbocycles. The van der Waals surface area contributed by atoms with Gasteiger partial charge in [-0.05, 0) is 12.3 Å². The van der Waals surface area contributed by atoms with E-state index in [1.165, 1.54) is 0 Å². The van der Waals surface area contributed by atoms with Gasteiger partial charge >= 0.3 is 11.8 Å². The second-order valence-electron chi connectivity index (χ2n) is 2.42. The molecule has 0 spiro atoms. The molecule has 0 bridgehead atoms. The van der Waals surface area contributed by atoms with Crippen molar-refractivity contribution in [1.82, 2.24) is 0 Å². The van der Waals surface area contributed by atoms with Crippen LogP contribution in [0.3, 0.4) is 0 Å². The fourth-order valence-electron chi connectivity index (χ4n) is 0.687. The van der Waals surface area contributed by atoms with Gasteiger partial charge in [0.25, 0.3) is 0 Å². The van der Waals surface area contributed by atoms with E-state index in [1.54, 1.807) is 0 Å². The lowest BCUT2D eigenvalue weighted by atomic mass is 10.1. The van der Waals surface area contributed by atoms with Gasteiger partial charge in [-0.1, -0.05) is 0 Å². The molecule has 0 amide bonds. The van der Waals surface area contributed by atoms with Crippen molar-refractivity contribution in [1.29, 1.82) is 0 Å². The number of hydrogen-bond donors (Lipinski definition) is 2. The van der Waals surface area contributed by atoms with Crippen molar-refractivity contribution in [3.63, 3.8) is 0 Å². The minimum atomic E-state index is -4.01. The van der Waals surface area contributed by atoms with Gasteiger partial charge in [0.2, 0.25) is 0 Å². The molecule has 0 fully saturated rings. The van der Waals surface area contributed by atoms with Crippen molar-refractivity contribution in [2.75, 3.05) is 12.3 Å². The minimum absolute atomic E-state index is 0.271. The van der Waals surface area contributed by atoms with E-state index in [9.17, 15) is 17.6 Å². The van der Waals surface area contributed by atoms with Crippen LogP contribution in [0.5, 0.6) is 0 Å². The molecule has 0 aromatic carbocycles. The summed E-state index contributed by atoms with van der Waals surface area (Å²) in [5, 5.41) is 0. The predicted octanol–water partition coefficient (Wildman–Crippen LogP) is 1.93. The summed E-state index contributed by atoms with van der Waals surface area (Å²) in [6, 6.07) is 0. The third-order valence-electron chi connectivity index (χ3n) is 1.42. The molecule has 0 radical (unpaired) electrons. The van der Waals surface area contributed by atoms with E-state index in [0.717, 1.165) is 0 Å². The molecule has 2 N–H and O–H groups in total. The Morgan fingerprint density at radius 2 is 1.42 bits per heavy atom. The Morgan fingerprint density at radius 3 is 1.75 bits per heavy atom. The van der Waals surface area contributed by atoms with Crippen LogP contribution in [0.25, 0.3) is 0 Å². The second kappa shape index (κ2) is 4.32. The van der Waals surface area contributed by atoms with Crippen LogP contribution in [0.4, 0.5) is 17.6 Å². The van der Waals surface area contributed by atoms with Gasteiger partial charge in [0.1, 0.15) is 0 Å². The maximum absolute atomic E-state index is 12.5. The van der Waals surface area contributed by atoms with E-state index in [2.05, 4.69) is 12.6 Å². The Labute approximate surface area is 73.7 Å². The van der Waals surface area contributed by atoms with Gasteiger partial charge in [-0.3, -0.25) is 0 Å². The second-order valence-corrected chi connectivity index (χ2v) is 2.87. The summed E-state index contributed by atoms with van der Waals surface area (Å²) in [5.41, 5.74) is 4.78. The van der Waals surface area contributed by atoms with E-state index < -0.39 is 31.2 Å². The Balaban J connectivity index is 4.28. The summed E-state index contributed by atoms with van der Waals surface area (Å²) in [7, 11) is 0. The van der Waals surface area contributed by atoms with Gasteiger partial charge in [0.05, 0.1) is 0 Å². The number of halogens is 4. The van der Waals surface area contributed by atoms with E-state index >= 15 is 0 Å². The zero-order chi connectivity index (χ0) is 9.83. The highest BCUT2D eigenvalue weighted by Crippen LogP contribution is 2.39. The summed E-state index contributed by atoms with van der Waals surface area (Å²) in [5.74, 6) is -8.27. The van der Waals surface area contributed by atoms with Crippen LogP contribution in [-0.4, -0.2) is 24.1 Å². The van der Waals surface area contributed by atoms with Gasteiger partial charge in [-0.2, -0.15) is 30.2 Å². The number of nitrogens with two attached hydrogens (primary N) is 1. The lowest BCUT2D eigenvalue weighted by Gasteiger charge is -2.25. The summed E-state index contributed by atoms with van der Waals surface area (Å²) < 4.78 is 50.1. The average molecular weight is 205 g/mol. The van der Waals surface area contributed by atoms with Crippen molar-refractivity contribution in [3.05, 3.63) is 0 Å². The molecule has 0 aliphatic heterocycles. The molecule has 6 heteroatoms. The molecule has 0 atom stereocenters. The highest BCUT2D eigenvalue weighted by Gasteiger charge is 2.54. The average Bonchev–Trinajstić information content (AvgIpc) is 1.86. The maximum atomic E-state index is 12.5. The Hall–Kier alpha value is 0.0300. The van der Waals surface area contributed by atoms with Gasteiger partial charge < -0.3 is 5.73 Å². The highest BCUT2D eigenvalue weighted by molar-refractivity contribution is 7.80. The van der Waals surface area contributed by atoms with Crippen molar-refractivity contribution >= 4 is 12.6 Å². The SMILES string of the molecule is NCCC(F)(F)C(F)(F)CCS. The molecule has 1 nitrogen and oxygen atoms in total. The molecule has 0 saturated heterocycles. The Kier molecular flexibility index (Phi) is 4.33. The lowest BCUT2D eigenvalue weighted by molar-refractivity contribution is -0.210. The molecule has 74 valence electrons. The van der Waals surface area contributed by atoms with Crippen LogP contribution in [0.2, 0.25) is 0 Å². The smallest absolute Gasteiger partial charge is 0.311 e. The molecule has 12 heavy (non-hydrogen) atoms. The zero-order valence-corrected chi connectivity index (χ0v) is 7.26. The standard InChI is InChI=1S/C6H11F4NS/c7-5(8,1-3-11)6(9,10)2-4-12/h12H,1-4,11H2. The van der Waals surface area contributed by atoms with Crippen molar-refractivity contribution in [2.45, 2.75) is 24.7 Å². The van der Waals surface area contributed by atoms with Crippen LogP contribution in [-0.2, 0) is 0 Å². The molecule has 0 aromatic heterocycles. The molecule has 0 aromatic rings. The Bertz CT molecular complexity index is 124. The van der Waals surface area contributed by atoms with E-state index in [-0.39, 0.29) is 5.75 Å². The van der Waals surface area contributed by atoms with Crippen molar-refractivity contribution in [3.8, 4) is 0 Å². The summed E-state index contributed by atoms with van der Waals surface area (Å²) >= 11 is 3.47. The quantitative estimate of drug-likeness (QED) is 0.520. The Morgan fingerprint density at radius 1 is 1.00 bits per heavy atom. The first-order valence-electron chi connectivity index (χ1n) is 3.44. The normalized spacial score (nSPS) is 13.5. The third kappa shape index (κ3) is 2.82. The largest absolute Gasteiger partial charge is 0.330 e. The van der Waals surface area contributed by atoms with Gasteiger partial charge in [-0.25, -0.2) is 0 Å². The first-order valence-corrected chi connectivity index (χ1v) is 4.07. The van der Waals surface area contributed by atoms with Crippen LogP contribution >= 0.6 is 12.6 Å². The molecule has 0 rings (SSSR count). The zero-order valence-electron chi connectivity index (χ0n) is 6.36. The maximum Gasteiger partial charge on any atom is 0.311 e. The third-order valence-corrected chi connectivity index (χ3v) is 1.64. The molecule has 0 heterocycles. The van der Waals surface area contributed by atoms with Crippen LogP contribution < -0.4 is 5.73 Å². The first kappa shape index (κ1) is 12.0. The number of thiol groups is 1. The van der Waals surface area contributed by atoms with Crippen LogP contribution in [0, 0.1) is 0 Å². The summed E-state index contributed by atoms with van der Waals surface area (Å²) in [6.45, 7) is -0.449. The monoisotopic (exact) mass is 205 g/mol. The van der Waals surface area contributed by atoms with E-state index in [4.69, 9.17) is 5.73 Å². The number of hydrogen-bond acceptors (Lipinski definition) is 2. The predicted molar refractivity (Wildman–Crippen MR) is 42.0 cm³/mol. The molecular formula is C6H11F4NS. The van der Waals surface area contributed by atoms with Gasteiger partial charge in [-0.15, -0.1) is 0 Å². The summed E-state index contributed by atoms with van der Waals surface area (Å²) in [6.07, 6.45) is -1.92. The van der Waals surface area contributed by atoms with Crippen LogP contribution in [0.15, 0.2) is 0 Å². The minimum Gasteiger partial charge on any atom is -0.330 e. The van der Waals surface area contributed by atoms with Crippen LogP contribution in [0.1, 0.15) is 12.8 Å². The summed E-state index contributed by atoms with van der Waals surface area (Å²) in [4.78, 5) is 0. The first-order chi connectivity index (χ1) is 5.37. The van der Waals surface area contributed by atoms with Gasteiger partial charge in [0.15, 0.2) is 0 Å². The molecule has 0 unspecified atom stereocenters. The fraction of sp³-hybridized carbons (Fsp3) is 1.00. The lowest BCUT2D eigenvalue weighted by Crippen LogP contribution is -2.42. The van der Waals surface area contributed by atoms with E-state index in [0.29, 0.717) is 0 Å². The number of alkyl halides is 4. The van der Waals surface area contributed by atoms with Crippen molar-refractivity contribution in [2.24, 2.45) is 5.73 Å². The van der Waals surface area contributed by atoms with Gasteiger partial charge in [0, 0.05) is 12.8 Å². The highest BCUT2D eigenvalue weighted by atomic mass is 32.1. The number of rotatable bonds is 5. The van der Waals surface area contributed by atoms with Crippen molar-refractivity contribution < 1.29 is 17.6 Å². The van der Waals surface area contributed by atoms with E-state index in [1.807, 2.05) is 0 Å².